The second-order valence-electron chi connectivity index (χ2n) is 8.43. The van der Waals surface area contributed by atoms with E-state index in [1.54, 1.807) is 0 Å². The van der Waals surface area contributed by atoms with E-state index in [1.165, 1.54) is 33.3 Å². The lowest BCUT2D eigenvalue weighted by molar-refractivity contribution is -0.122. The predicted octanol–water partition coefficient (Wildman–Crippen LogP) is 4.25. The first kappa shape index (κ1) is 23.8. The predicted molar refractivity (Wildman–Crippen MR) is 128 cm³/mol. The third kappa shape index (κ3) is 5.10. The molecular formula is C24H28FN3O3S2. The average Bonchev–Trinajstić information content (AvgIpc) is 3.12. The van der Waals surface area contributed by atoms with E-state index in [0.717, 1.165) is 41.6 Å². The van der Waals surface area contributed by atoms with Gasteiger partial charge in [0.15, 0.2) is 4.80 Å². The molecule has 1 amide bonds. The van der Waals surface area contributed by atoms with Crippen LogP contribution in [0, 0.1) is 11.7 Å². The van der Waals surface area contributed by atoms with Crippen molar-refractivity contribution in [3.05, 3.63) is 58.6 Å². The first-order valence-electron chi connectivity index (χ1n) is 11.2. The molecule has 2 aromatic carbocycles. The van der Waals surface area contributed by atoms with E-state index in [-0.39, 0.29) is 29.8 Å². The van der Waals surface area contributed by atoms with Crippen molar-refractivity contribution < 1.29 is 17.6 Å². The van der Waals surface area contributed by atoms with E-state index in [1.807, 2.05) is 11.6 Å². The van der Waals surface area contributed by atoms with Crippen molar-refractivity contribution in [1.29, 1.82) is 0 Å². The fourth-order valence-corrected chi connectivity index (χ4v) is 6.66. The molecule has 2 heterocycles. The summed E-state index contributed by atoms with van der Waals surface area (Å²) in [6, 6.07) is 11.2. The molecule has 0 N–H and O–H groups in total. The van der Waals surface area contributed by atoms with Gasteiger partial charge in [-0.3, -0.25) is 4.79 Å². The Labute approximate surface area is 197 Å². The number of nitrogens with zero attached hydrogens (tertiary/aromatic N) is 3. The molecule has 0 radical (unpaired) electrons. The van der Waals surface area contributed by atoms with Crippen LogP contribution in [-0.2, 0) is 28.3 Å². The molecule has 1 saturated heterocycles. The Balaban J connectivity index is 1.47. The number of carbonyl (C=O) groups is 1. The number of hydrogen-bond donors (Lipinski definition) is 0. The van der Waals surface area contributed by atoms with Gasteiger partial charge in [0.2, 0.25) is 10.0 Å². The first-order valence-corrected chi connectivity index (χ1v) is 13.5. The number of amides is 1. The average molecular weight is 490 g/mol. The summed E-state index contributed by atoms with van der Waals surface area (Å²) >= 11 is 1.51. The highest BCUT2D eigenvalue weighted by molar-refractivity contribution is 7.89. The monoisotopic (exact) mass is 489 g/mol. The molecule has 1 aromatic heterocycles. The number of carbonyl (C=O) groups excluding carboxylic acids is 1. The SMILES string of the molecule is CCCCc1ccc2c(c1)sc(=NC(=O)C1CCN(S(=O)(=O)c3ccc(F)cc3)CC1)n2C. The van der Waals surface area contributed by atoms with Gasteiger partial charge in [-0.05, 0) is 67.6 Å². The Bertz CT molecular complexity index is 1320. The topological polar surface area (TPSA) is 71.7 Å². The fourth-order valence-electron chi connectivity index (χ4n) is 4.11. The number of benzene rings is 2. The largest absolute Gasteiger partial charge is 0.319 e. The zero-order valence-corrected chi connectivity index (χ0v) is 20.5. The van der Waals surface area contributed by atoms with Crippen molar-refractivity contribution in [2.75, 3.05) is 13.1 Å². The number of hydrogen-bond acceptors (Lipinski definition) is 4. The number of piperidine rings is 1. The minimum absolute atomic E-state index is 0.0639. The third-order valence-electron chi connectivity index (χ3n) is 6.15. The summed E-state index contributed by atoms with van der Waals surface area (Å²) in [6.07, 6.45) is 4.17. The molecule has 6 nitrogen and oxygen atoms in total. The molecule has 0 bridgehead atoms. The molecule has 1 aliphatic heterocycles. The number of rotatable bonds is 6. The van der Waals surface area contributed by atoms with Crippen molar-refractivity contribution >= 4 is 37.5 Å². The number of fused-ring (bicyclic) bond motifs is 1. The molecule has 9 heteroatoms. The summed E-state index contributed by atoms with van der Waals surface area (Å²) in [5, 5.41) is 0. The van der Waals surface area contributed by atoms with Crippen LogP contribution in [-0.4, -0.2) is 36.3 Å². The van der Waals surface area contributed by atoms with Crippen LogP contribution in [0.2, 0.25) is 0 Å². The molecule has 4 rings (SSSR count). The van der Waals surface area contributed by atoms with Gasteiger partial charge in [0.25, 0.3) is 5.91 Å². The highest BCUT2D eigenvalue weighted by atomic mass is 32.2. The lowest BCUT2D eigenvalue weighted by Crippen LogP contribution is -2.40. The summed E-state index contributed by atoms with van der Waals surface area (Å²) in [5.74, 6) is -0.997. The van der Waals surface area contributed by atoms with E-state index in [4.69, 9.17) is 0 Å². The number of unbranched alkanes of at least 4 members (excludes halogenated alkanes) is 1. The molecule has 1 fully saturated rings. The van der Waals surface area contributed by atoms with E-state index < -0.39 is 15.8 Å². The molecule has 0 saturated carbocycles. The van der Waals surface area contributed by atoms with E-state index in [0.29, 0.717) is 17.6 Å². The molecule has 0 spiro atoms. The number of halogens is 1. The lowest BCUT2D eigenvalue weighted by Gasteiger charge is -2.29. The van der Waals surface area contributed by atoms with E-state index >= 15 is 0 Å². The van der Waals surface area contributed by atoms with Crippen molar-refractivity contribution in [3.63, 3.8) is 0 Å². The van der Waals surface area contributed by atoms with E-state index in [2.05, 4.69) is 30.1 Å². The van der Waals surface area contributed by atoms with E-state index in [9.17, 15) is 17.6 Å². The van der Waals surface area contributed by atoms with Crippen molar-refractivity contribution in [2.24, 2.45) is 18.0 Å². The molecule has 0 aliphatic carbocycles. The van der Waals surface area contributed by atoms with Crippen LogP contribution in [0.5, 0.6) is 0 Å². The van der Waals surface area contributed by atoms with Gasteiger partial charge in [-0.15, -0.1) is 0 Å². The highest BCUT2D eigenvalue weighted by Crippen LogP contribution is 2.25. The zero-order valence-electron chi connectivity index (χ0n) is 18.8. The molecule has 176 valence electrons. The quantitative estimate of drug-likeness (QED) is 0.520. The standard InChI is InChI=1S/C24H28FN3O3S2/c1-3-4-5-17-6-11-21-22(16-17)32-24(27(21)2)26-23(29)18-12-14-28(15-13-18)33(30,31)20-9-7-19(25)8-10-20/h6-11,16,18H,3-5,12-15H2,1-2H3. The van der Waals surface area contributed by atoms with Crippen LogP contribution in [0.1, 0.15) is 38.2 Å². The number of thiazole rings is 1. The van der Waals surface area contributed by atoms with Crippen molar-refractivity contribution in [3.8, 4) is 0 Å². The van der Waals surface area contributed by atoms with Crippen LogP contribution in [0.4, 0.5) is 4.39 Å². The Hall–Kier alpha value is -2.36. The molecule has 33 heavy (non-hydrogen) atoms. The second-order valence-corrected chi connectivity index (χ2v) is 11.4. The number of sulfonamides is 1. The van der Waals surface area contributed by atoms with Gasteiger partial charge in [-0.2, -0.15) is 9.30 Å². The maximum atomic E-state index is 13.1. The summed E-state index contributed by atoms with van der Waals surface area (Å²) in [6.45, 7) is 2.66. The number of aryl methyl sites for hydroxylation is 2. The van der Waals surface area contributed by atoms with Gasteiger partial charge in [0.1, 0.15) is 5.82 Å². The maximum Gasteiger partial charge on any atom is 0.251 e. The van der Waals surface area contributed by atoms with Crippen LogP contribution < -0.4 is 4.80 Å². The van der Waals surface area contributed by atoms with Gasteiger partial charge in [-0.1, -0.05) is 30.7 Å². The number of aromatic nitrogens is 1. The van der Waals surface area contributed by atoms with Gasteiger partial charge >= 0.3 is 0 Å². The second kappa shape index (κ2) is 9.87. The highest BCUT2D eigenvalue weighted by Gasteiger charge is 2.32. The first-order chi connectivity index (χ1) is 15.8. The van der Waals surface area contributed by atoms with Crippen molar-refractivity contribution in [2.45, 2.75) is 43.9 Å². The molecule has 1 aliphatic rings. The van der Waals surface area contributed by atoms with Gasteiger partial charge in [-0.25, -0.2) is 12.8 Å². The normalized spacial score (nSPS) is 16.5. The Morgan fingerprint density at radius 2 is 1.85 bits per heavy atom. The Morgan fingerprint density at radius 1 is 1.15 bits per heavy atom. The van der Waals surface area contributed by atoms with Crippen molar-refractivity contribution in [1.82, 2.24) is 8.87 Å². The summed E-state index contributed by atoms with van der Waals surface area (Å²) in [4.78, 5) is 18.0. The molecule has 0 atom stereocenters. The summed E-state index contributed by atoms with van der Waals surface area (Å²) in [5.41, 5.74) is 2.34. The molecule has 3 aromatic rings. The van der Waals surface area contributed by atoms with Crippen LogP contribution >= 0.6 is 11.3 Å². The Kier molecular flexibility index (Phi) is 7.11. The van der Waals surface area contributed by atoms with Crippen LogP contribution in [0.25, 0.3) is 10.2 Å². The fraction of sp³-hybridized carbons (Fsp3) is 0.417. The van der Waals surface area contributed by atoms with Gasteiger partial charge in [0.05, 0.1) is 15.1 Å². The zero-order chi connectivity index (χ0) is 23.6. The van der Waals surface area contributed by atoms with Gasteiger partial charge < -0.3 is 4.57 Å². The lowest BCUT2D eigenvalue weighted by atomic mass is 9.98. The smallest absolute Gasteiger partial charge is 0.251 e. The molecular weight excluding hydrogens is 461 g/mol. The minimum atomic E-state index is -3.70. The third-order valence-corrected chi connectivity index (χ3v) is 9.16. The Morgan fingerprint density at radius 3 is 2.52 bits per heavy atom. The summed E-state index contributed by atoms with van der Waals surface area (Å²) in [7, 11) is -1.79. The van der Waals surface area contributed by atoms with Crippen LogP contribution in [0.3, 0.4) is 0 Å². The molecule has 0 unspecified atom stereocenters. The summed E-state index contributed by atoms with van der Waals surface area (Å²) < 4.78 is 43.1. The van der Waals surface area contributed by atoms with Gasteiger partial charge in [0, 0.05) is 26.1 Å². The minimum Gasteiger partial charge on any atom is -0.319 e. The maximum absolute atomic E-state index is 13.1. The van der Waals surface area contributed by atoms with Crippen LogP contribution in [0.15, 0.2) is 52.4 Å².